The van der Waals surface area contributed by atoms with Gasteiger partial charge in [-0.1, -0.05) is 36.8 Å². The van der Waals surface area contributed by atoms with Crippen molar-refractivity contribution in [1.29, 1.82) is 0 Å². The molecule has 1 aliphatic heterocycles. The number of phenols is 2. The number of para-hydroxylation sites is 1. The van der Waals surface area contributed by atoms with Crippen molar-refractivity contribution in [2.45, 2.75) is 52.0 Å². The normalized spacial score (nSPS) is 20.3. The number of phenolic OH excluding ortho intramolecular Hbond substituents is 2. The van der Waals surface area contributed by atoms with Gasteiger partial charge in [0.05, 0.1) is 0 Å². The molecule has 2 aromatic carbocycles. The van der Waals surface area contributed by atoms with Crippen LogP contribution in [0.25, 0.3) is 0 Å². The summed E-state index contributed by atoms with van der Waals surface area (Å²) < 4.78 is 0. The maximum Gasteiger partial charge on any atom is 0.127 e. The lowest BCUT2D eigenvalue weighted by Gasteiger charge is -2.36. The molecule has 4 rings (SSSR count). The van der Waals surface area contributed by atoms with Gasteiger partial charge in [0.2, 0.25) is 0 Å². The van der Waals surface area contributed by atoms with Crippen molar-refractivity contribution in [2.24, 2.45) is 0 Å². The number of aryl methyl sites for hydroxylation is 1. The third-order valence-electron chi connectivity index (χ3n) is 6.71. The first kappa shape index (κ1) is 20.8. The summed E-state index contributed by atoms with van der Waals surface area (Å²) in [4.78, 5) is 4.85. The van der Waals surface area contributed by atoms with Crippen molar-refractivity contribution in [3.8, 4) is 11.5 Å². The Balaban J connectivity index is 1.54. The molecule has 1 unspecified atom stereocenters. The van der Waals surface area contributed by atoms with Gasteiger partial charge in [-0.15, -0.1) is 0 Å². The van der Waals surface area contributed by atoms with Crippen LogP contribution < -0.4 is 4.90 Å². The van der Waals surface area contributed by atoms with E-state index in [4.69, 9.17) is 0 Å². The van der Waals surface area contributed by atoms with Crippen LogP contribution in [-0.4, -0.2) is 41.3 Å². The quantitative estimate of drug-likeness (QED) is 0.671. The van der Waals surface area contributed by atoms with Crippen molar-refractivity contribution in [3.63, 3.8) is 0 Å². The number of benzene rings is 2. The highest BCUT2D eigenvalue weighted by Crippen LogP contribution is 2.44. The van der Waals surface area contributed by atoms with Gasteiger partial charge in [-0.05, 0) is 56.4 Å². The van der Waals surface area contributed by atoms with E-state index in [-0.39, 0.29) is 11.7 Å². The lowest BCUT2D eigenvalue weighted by atomic mass is 9.83. The summed E-state index contributed by atoms with van der Waals surface area (Å²) in [7, 11) is 0. The van der Waals surface area contributed by atoms with Crippen LogP contribution in [0.5, 0.6) is 11.5 Å². The maximum absolute atomic E-state index is 11.3. The molecule has 1 heterocycles. The average Bonchev–Trinajstić information content (AvgIpc) is 2.77. The zero-order valence-electron chi connectivity index (χ0n) is 18.3. The molecule has 1 fully saturated rings. The van der Waals surface area contributed by atoms with E-state index >= 15 is 0 Å². The summed E-state index contributed by atoms with van der Waals surface area (Å²) in [6.45, 7) is 8.89. The van der Waals surface area contributed by atoms with Crippen LogP contribution in [0.15, 0.2) is 48.0 Å². The van der Waals surface area contributed by atoms with E-state index in [1.54, 1.807) is 0 Å². The smallest absolute Gasteiger partial charge is 0.127 e. The third kappa shape index (κ3) is 4.34. The molecule has 4 heteroatoms. The first-order valence-corrected chi connectivity index (χ1v) is 11.3. The molecule has 1 atom stereocenters. The highest BCUT2D eigenvalue weighted by molar-refractivity contribution is 5.56. The van der Waals surface area contributed by atoms with E-state index in [2.05, 4.69) is 60.1 Å². The summed E-state index contributed by atoms with van der Waals surface area (Å²) in [6.07, 6.45) is 6.24. The standard InChI is InChI=1S/C26H34N2O2/c1-3-20-17-24(29)25(21-9-7-8-19(2)16-21)26(30)23(20)18-27-12-14-28(15-13-27)22-10-5-4-6-11-22/h4-6,10-11,16-17,21,29-30H,3,7-9,12-15,18H2,1-2H3. The van der Waals surface area contributed by atoms with E-state index in [9.17, 15) is 10.2 Å². The minimum Gasteiger partial charge on any atom is -0.507 e. The fourth-order valence-electron chi connectivity index (χ4n) is 4.99. The van der Waals surface area contributed by atoms with Crippen LogP contribution in [0.2, 0.25) is 0 Å². The van der Waals surface area contributed by atoms with Crippen molar-refractivity contribution < 1.29 is 10.2 Å². The number of piperazine rings is 1. The SMILES string of the molecule is CCc1cc(O)c(C2C=C(C)CCC2)c(O)c1CN1CCN(c2ccccc2)CC1. The molecular weight excluding hydrogens is 372 g/mol. The molecule has 1 aliphatic carbocycles. The fraction of sp³-hybridized carbons (Fsp3) is 0.462. The molecule has 0 aromatic heterocycles. The highest BCUT2D eigenvalue weighted by atomic mass is 16.3. The first-order chi connectivity index (χ1) is 14.6. The van der Waals surface area contributed by atoms with Crippen LogP contribution in [0, 0.1) is 0 Å². The van der Waals surface area contributed by atoms with Crippen LogP contribution >= 0.6 is 0 Å². The topological polar surface area (TPSA) is 46.9 Å². The molecule has 0 bridgehead atoms. The number of anilines is 1. The number of rotatable bonds is 5. The van der Waals surface area contributed by atoms with Crippen LogP contribution in [0.4, 0.5) is 5.69 Å². The summed E-state index contributed by atoms with van der Waals surface area (Å²) in [5.74, 6) is 0.671. The maximum atomic E-state index is 11.3. The second kappa shape index (κ2) is 9.13. The molecule has 2 aliphatic rings. The zero-order valence-corrected chi connectivity index (χ0v) is 18.3. The Kier molecular flexibility index (Phi) is 6.33. The van der Waals surface area contributed by atoms with Crippen molar-refractivity contribution in [1.82, 2.24) is 4.90 Å². The van der Waals surface area contributed by atoms with Crippen LogP contribution in [0.3, 0.4) is 0 Å². The molecule has 2 N–H and O–H groups in total. The van der Waals surface area contributed by atoms with Crippen molar-refractivity contribution in [3.05, 3.63) is 64.7 Å². The van der Waals surface area contributed by atoms with Gasteiger partial charge in [0, 0.05) is 55.5 Å². The molecule has 0 amide bonds. The fourth-order valence-corrected chi connectivity index (χ4v) is 4.99. The lowest BCUT2D eigenvalue weighted by Crippen LogP contribution is -2.46. The first-order valence-electron chi connectivity index (χ1n) is 11.3. The van der Waals surface area contributed by atoms with E-state index in [1.165, 1.54) is 11.3 Å². The molecule has 30 heavy (non-hydrogen) atoms. The third-order valence-corrected chi connectivity index (χ3v) is 6.71. The molecule has 160 valence electrons. The van der Waals surface area contributed by atoms with Gasteiger partial charge in [-0.25, -0.2) is 0 Å². The second-order valence-corrected chi connectivity index (χ2v) is 8.76. The molecular formula is C26H34N2O2. The Morgan fingerprint density at radius 2 is 1.77 bits per heavy atom. The molecule has 1 saturated heterocycles. The molecule has 0 radical (unpaired) electrons. The average molecular weight is 407 g/mol. The number of nitrogens with zero attached hydrogens (tertiary/aromatic N) is 2. The van der Waals surface area contributed by atoms with Gasteiger partial charge >= 0.3 is 0 Å². The van der Waals surface area contributed by atoms with Gasteiger partial charge in [-0.3, -0.25) is 4.90 Å². The van der Waals surface area contributed by atoms with Gasteiger partial charge in [0.15, 0.2) is 0 Å². The molecule has 0 saturated carbocycles. The zero-order chi connectivity index (χ0) is 21.1. The number of aromatic hydroxyl groups is 2. The van der Waals surface area contributed by atoms with Gasteiger partial charge in [-0.2, -0.15) is 0 Å². The molecule has 0 spiro atoms. The predicted octanol–water partition coefficient (Wildman–Crippen LogP) is 5.20. The van der Waals surface area contributed by atoms with Crippen molar-refractivity contribution >= 4 is 5.69 Å². The summed E-state index contributed by atoms with van der Waals surface area (Å²) >= 11 is 0. The van der Waals surface area contributed by atoms with Crippen LogP contribution in [-0.2, 0) is 13.0 Å². The van der Waals surface area contributed by atoms with Gasteiger partial charge in [0.25, 0.3) is 0 Å². The summed E-state index contributed by atoms with van der Waals surface area (Å²) in [6, 6.07) is 12.5. The number of allylic oxidation sites excluding steroid dienone is 2. The Labute approximate surface area is 180 Å². The minimum absolute atomic E-state index is 0.110. The number of hydrogen-bond acceptors (Lipinski definition) is 4. The Morgan fingerprint density at radius 3 is 2.43 bits per heavy atom. The Bertz CT molecular complexity index is 899. The van der Waals surface area contributed by atoms with E-state index < -0.39 is 0 Å². The van der Waals surface area contributed by atoms with E-state index in [1.807, 2.05) is 6.07 Å². The van der Waals surface area contributed by atoms with E-state index in [0.717, 1.165) is 75.1 Å². The lowest BCUT2D eigenvalue weighted by molar-refractivity contribution is 0.245. The van der Waals surface area contributed by atoms with Crippen LogP contribution in [0.1, 0.15) is 55.7 Å². The summed E-state index contributed by atoms with van der Waals surface area (Å²) in [5.41, 5.74) is 5.40. The van der Waals surface area contributed by atoms with Crippen molar-refractivity contribution in [2.75, 3.05) is 31.1 Å². The number of hydrogen-bond donors (Lipinski definition) is 2. The minimum atomic E-state index is 0.110. The predicted molar refractivity (Wildman–Crippen MR) is 123 cm³/mol. The molecule has 2 aromatic rings. The molecule has 4 nitrogen and oxygen atoms in total. The van der Waals surface area contributed by atoms with Gasteiger partial charge < -0.3 is 15.1 Å². The monoisotopic (exact) mass is 406 g/mol. The van der Waals surface area contributed by atoms with E-state index in [0.29, 0.717) is 5.75 Å². The Hall–Kier alpha value is -2.46. The largest absolute Gasteiger partial charge is 0.507 e. The summed E-state index contributed by atoms with van der Waals surface area (Å²) in [5, 5.41) is 22.0. The highest BCUT2D eigenvalue weighted by Gasteiger charge is 2.26. The Morgan fingerprint density at radius 1 is 1.03 bits per heavy atom. The second-order valence-electron chi connectivity index (χ2n) is 8.76. The van der Waals surface area contributed by atoms with Gasteiger partial charge in [0.1, 0.15) is 11.5 Å².